The molecule has 1 fully saturated rings. The Kier molecular flexibility index (Phi) is 7.74. The molecule has 0 atom stereocenters. The number of ether oxygens (including phenoxy) is 1. The third kappa shape index (κ3) is 5.63. The van der Waals surface area contributed by atoms with Crippen molar-refractivity contribution in [1.82, 2.24) is 15.1 Å². The Morgan fingerprint density at radius 2 is 1.88 bits per heavy atom. The van der Waals surface area contributed by atoms with Crippen molar-refractivity contribution in [3.63, 3.8) is 0 Å². The summed E-state index contributed by atoms with van der Waals surface area (Å²) in [5.41, 5.74) is 0. The number of amides is 1. The molecule has 1 heterocycles. The van der Waals surface area contributed by atoms with E-state index in [9.17, 15) is 4.79 Å². The van der Waals surface area contributed by atoms with Crippen LogP contribution in [0, 0.1) is 0 Å². The van der Waals surface area contributed by atoms with Gasteiger partial charge in [0.2, 0.25) is 0 Å². The average molecular weight is 350 g/mol. The minimum Gasteiger partial charge on any atom is -0.450 e. The molecule has 6 nitrogen and oxygen atoms in total. The second-order valence-corrected chi connectivity index (χ2v) is 6.48. The largest absolute Gasteiger partial charge is 0.450 e. The van der Waals surface area contributed by atoms with Crippen molar-refractivity contribution >= 4 is 23.8 Å². The molecule has 1 N–H and O–H groups in total. The van der Waals surface area contributed by atoms with E-state index >= 15 is 0 Å². The standard InChI is InChI=1S/C17H26N4O2S/c1-3-23-17(22)21-12-10-20(11-13-21)16(18-2)19-9-14-24-15-7-5-4-6-8-15/h4-8H,3,9-14H2,1-2H3,(H,18,19). The lowest BCUT2D eigenvalue weighted by Gasteiger charge is -2.35. The van der Waals surface area contributed by atoms with Crippen LogP contribution in [0.2, 0.25) is 0 Å². The molecule has 0 bridgehead atoms. The van der Waals surface area contributed by atoms with Crippen molar-refractivity contribution in [1.29, 1.82) is 0 Å². The topological polar surface area (TPSA) is 57.2 Å². The first-order valence-electron chi connectivity index (χ1n) is 8.29. The molecular weight excluding hydrogens is 324 g/mol. The fraction of sp³-hybridized carbons (Fsp3) is 0.529. The first-order chi connectivity index (χ1) is 11.7. The lowest BCUT2D eigenvalue weighted by atomic mass is 10.3. The third-order valence-corrected chi connectivity index (χ3v) is 4.73. The fourth-order valence-corrected chi connectivity index (χ4v) is 3.29. The molecule has 2 rings (SSSR count). The van der Waals surface area contributed by atoms with Crippen molar-refractivity contribution in [2.45, 2.75) is 11.8 Å². The van der Waals surface area contributed by atoms with Gasteiger partial charge in [0.25, 0.3) is 0 Å². The average Bonchev–Trinajstić information content (AvgIpc) is 2.63. The molecule has 0 saturated carbocycles. The van der Waals surface area contributed by atoms with E-state index in [-0.39, 0.29) is 6.09 Å². The number of rotatable bonds is 5. The maximum Gasteiger partial charge on any atom is 0.409 e. The Hall–Kier alpha value is -1.89. The van der Waals surface area contributed by atoms with Gasteiger partial charge in [-0.3, -0.25) is 4.99 Å². The maximum absolute atomic E-state index is 11.7. The van der Waals surface area contributed by atoms with Gasteiger partial charge >= 0.3 is 6.09 Å². The van der Waals surface area contributed by atoms with Crippen LogP contribution in [0.5, 0.6) is 0 Å². The smallest absolute Gasteiger partial charge is 0.409 e. The fourth-order valence-electron chi connectivity index (χ4n) is 2.50. The zero-order chi connectivity index (χ0) is 17.2. The van der Waals surface area contributed by atoms with Gasteiger partial charge in [-0.15, -0.1) is 11.8 Å². The number of hydrogen-bond acceptors (Lipinski definition) is 4. The molecule has 0 aromatic heterocycles. The van der Waals surface area contributed by atoms with E-state index in [0.29, 0.717) is 19.7 Å². The highest BCUT2D eigenvalue weighted by atomic mass is 32.2. The maximum atomic E-state index is 11.7. The first kappa shape index (κ1) is 18.4. The van der Waals surface area contributed by atoms with Crippen LogP contribution < -0.4 is 5.32 Å². The SMILES string of the molecule is CCOC(=O)N1CCN(C(=NC)NCCSc2ccccc2)CC1. The number of nitrogens with one attached hydrogen (secondary N) is 1. The molecule has 1 aliphatic rings. The molecule has 1 aromatic carbocycles. The molecule has 1 amide bonds. The van der Waals surface area contributed by atoms with E-state index in [4.69, 9.17) is 4.74 Å². The zero-order valence-corrected chi connectivity index (χ0v) is 15.2. The van der Waals surface area contributed by atoms with Gasteiger partial charge in [-0.25, -0.2) is 4.79 Å². The quantitative estimate of drug-likeness (QED) is 0.382. The number of piperazine rings is 1. The highest BCUT2D eigenvalue weighted by Crippen LogP contribution is 2.15. The van der Waals surface area contributed by atoms with Crippen LogP contribution in [-0.2, 0) is 4.74 Å². The molecule has 7 heteroatoms. The van der Waals surface area contributed by atoms with Crippen molar-refractivity contribution in [2.75, 3.05) is 52.1 Å². The molecule has 0 aliphatic carbocycles. The third-order valence-electron chi connectivity index (χ3n) is 3.71. The summed E-state index contributed by atoms with van der Waals surface area (Å²) in [7, 11) is 1.80. The highest BCUT2D eigenvalue weighted by Gasteiger charge is 2.23. The Morgan fingerprint density at radius 3 is 2.50 bits per heavy atom. The molecule has 0 radical (unpaired) electrons. The summed E-state index contributed by atoms with van der Waals surface area (Å²) >= 11 is 1.82. The number of benzene rings is 1. The van der Waals surface area contributed by atoms with Crippen molar-refractivity contribution in [3.05, 3.63) is 30.3 Å². The van der Waals surface area contributed by atoms with Crippen LogP contribution in [0.1, 0.15) is 6.92 Å². The molecule has 1 aromatic rings. The highest BCUT2D eigenvalue weighted by molar-refractivity contribution is 7.99. The molecule has 0 spiro atoms. The predicted molar refractivity (Wildman–Crippen MR) is 98.7 cm³/mol. The normalized spacial score (nSPS) is 15.3. The van der Waals surface area contributed by atoms with E-state index in [1.807, 2.05) is 24.8 Å². The number of carbonyl (C=O) groups is 1. The Balaban J connectivity index is 1.70. The van der Waals surface area contributed by atoms with Crippen LogP contribution in [0.3, 0.4) is 0 Å². The van der Waals surface area contributed by atoms with Crippen molar-refractivity contribution in [3.8, 4) is 0 Å². The van der Waals surface area contributed by atoms with Gasteiger partial charge in [-0.2, -0.15) is 0 Å². The predicted octanol–water partition coefficient (Wildman–Crippen LogP) is 2.13. The van der Waals surface area contributed by atoms with Crippen LogP contribution in [0.4, 0.5) is 4.79 Å². The van der Waals surface area contributed by atoms with Crippen LogP contribution in [0.15, 0.2) is 40.2 Å². The molecule has 1 aliphatic heterocycles. The van der Waals surface area contributed by atoms with E-state index in [1.165, 1.54) is 4.90 Å². The van der Waals surface area contributed by atoms with Crippen LogP contribution in [0.25, 0.3) is 0 Å². The lowest BCUT2D eigenvalue weighted by molar-refractivity contribution is 0.0915. The van der Waals surface area contributed by atoms with Crippen molar-refractivity contribution in [2.24, 2.45) is 4.99 Å². The van der Waals surface area contributed by atoms with E-state index in [2.05, 4.69) is 39.5 Å². The van der Waals surface area contributed by atoms with Crippen LogP contribution in [-0.4, -0.2) is 74.0 Å². The minimum atomic E-state index is -0.223. The van der Waals surface area contributed by atoms with Crippen molar-refractivity contribution < 1.29 is 9.53 Å². The first-order valence-corrected chi connectivity index (χ1v) is 9.28. The Labute approximate surface area is 148 Å². The van der Waals surface area contributed by atoms with Gasteiger partial charge in [-0.05, 0) is 19.1 Å². The Bertz CT molecular complexity index is 531. The number of guanidine groups is 1. The number of aliphatic imine (C=N–C) groups is 1. The van der Waals surface area contributed by atoms with Gasteiger partial charge in [0.15, 0.2) is 5.96 Å². The number of carbonyl (C=O) groups excluding carboxylic acids is 1. The monoisotopic (exact) mass is 350 g/mol. The molecular formula is C17H26N4O2S. The molecule has 0 unspecified atom stereocenters. The van der Waals surface area contributed by atoms with Crippen LogP contribution >= 0.6 is 11.8 Å². The van der Waals surface area contributed by atoms with Gasteiger partial charge in [0.1, 0.15) is 0 Å². The molecule has 24 heavy (non-hydrogen) atoms. The van der Waals surface area contributed by atoms with Gasteiger partial charge in [0.05, 0.1) is 6.61 Å². The summed E-state index contributed by atoms with van der Waals surface area (Å²) in [6, 6.07) is 10.4. The van der Waals surface area contributed by atoms with E-state index in [1.54, 1.807) is 11.9 Å². The minimum absolute atomic E-state index is 0.223. The summed E-state index contributed by atoms with van der Waals surface area (Å²) in [5, 5.41) is 3.40. The summed E-state index contributed by atoms with van der Waals surface area (Å²) in [6.07, 6.45) is -0.223. The summed E-state index contributed by atoms with van der Waals surface area (Å²) in [4.78, 5) is 21.3. The summed E-state index contributed by atoms with van der Waals surface area (Å²) < 4.78 is 5.04. The second kappa shape index (κ2) is 10.1. The molecule has 132 valence electrons. The number of nitrogens with zero attached hydrogens (tertiary/aromatic N) is 3. The molecule has 1 saturated heterocycles. The van der Waals surface area contributed by atoms with E-state index < -0.39 is 0 Å². The number of thioether (sulfide) groups is 1. The van der Waals surface area contributed by atoms with Gasteiger partial charge in [-0.1, -0.05) is 18.2 Å². The summed E-state index contributed by atoms with van der Waals surface area (Å²) in [6.45, 7) is 5.96. The van der Waals surface area contributed by atoms with Gasteiger partial charge in [0, 0.05) is 50.4 Å². The van der Waals surface area contributed by atoms with Gasteiger partial charge < -0.3 is 19.9 Å². The lowest BCUT2D eigenvalue weighted by Crippen LogP contribution is -2.54. The summed E-state index contributed by atoms with van der Waals surface area (Å²) in [5.74, 6) is 1.87. The van der Waals surface area contributed by atoms with E-state index in [0.717, 1.165) is 31.3 Å². The second-order valence-electron chi connectivity index (χ2n) is 5.31. The Morgan fingerprint density at radius 1 is 1.21 bits per heavy atom. The number of hydrogen-bond donors (Lipinski definition) is 1. The zero-order valence-electron chi connectivity index (χ0n) is 14.4.